The van der Waals surface area contributed by atoms with E-state index in [1.165, 1.54) is 12.8 Å². The van der Waals surface area contributed by atoms with Gasteiger partial charge in [0, 0.05) is 19.7 Å². The molecule has 1 unspecified atom stereocenters. The minimum absolute atomic E-state index is 0.311. The fraction of sp³-hybridized carbons (Fsp3) is 0.600. The predicted octanol–water partition coefficient (Wildman–Crippen LogP) is 3.00. The van der Waals surface area contributed by atoms with Gasteiger partial charge in [-0.3, -0.25) is 0 Å². The van der Waals surface area contributed by atoms with Crippen LogP contribution in [0.5, 0.6) is 0 Å². The van der Waals surface area contributed by atoms with Gasteiger partial charge >= 0.3 is 0 Å². The van der Waals surface area contributed by atoms with Crippen molar-refractivity contribution in [1.82, 2.24) is 4.98 Å². The van der Waals surface area contributed by atoms with Crippen molar-refractivity contribution >= 4 is 17.4 Å². The van der Waals surface area contributed by atoms with Gasteiger partial charge in [0.1, 0.15) is 11.9 Å². The van der Waals surface area contributed by atoms with Gasteiger partial charge in [0.2, 0.25) is 0 Å². The summed E-state index contributed by atoms with van der Waals surface area (Å²) in [5, 5.41) is 9.42. The molecular weight excluding hydrogens is 274 g/mol. The third-order valence-corrected chi connectivity index (χ3v) is 4.60. The maximum atomic E-state index is 8.99. The van der Waals surface area contributed by atoms with Crippen LogP contribution in [-0.2, 0) is 4.74 Å². The molecule has 2 fully saturated rings. The zero-order chi connectivity index (χ0) is 13.9. The summed E-state index contributed by atoms with van der Waals surface area (Å²) in [5.41, 5.74) is 0.311. The fourth-order valence-corrected chi connectivity index (χ4v) is 3.31. The highest BCUT2D eigenvalue weighted by molar-refractivity contribution is 6.31. The number of hydrogen-bond donors (Lipinski definition) is 0. The van der Waals surface area contributed by atoms with Crippen LogP contribution in [0.4, 0.5) is 5.82 Å². The van der Waals surface area contributed by atoms with E-state index in [1.54, 1.807) is 6.07 Å². The van der Waals surface area contributed by atoms with E-state index in [1.807, 2.05) is 12.1 Å². The molecule has 0 spiro atoms. The Kier molecular flexibility index (Phi) is 4.09. The summed E-state index contributed by atoms with van der Waals surface area (Å²) in [7, 11) is 0. The molecule has 3 rings (SSSR count). The van der Waals surface area contributed by atoms with Crippen molar-refractivity contribution < 1.29 is 4.74 Å². The number of ether oxygens (including phenoxy) is 1. The molecule has 1 aromatic rings. The van der Waals surface area contributed by atoms with Crippen molar-refractivity contribution in [3.63, 3.8) is 0 Å². The first-order valence-corrected chi connectivity index (χ1v) is 7.59. The molecule has 0 N–H and O–H groups in total. The van der Waals surface area contributed by atoms with Crippen LogP contribution in [0, 0.1) is 17.2 Å². The second-order valence-corrected chi connectivity index (χ2v) is 5.89. The van der Waals surface area contributed by atoms with Gasteiger partial charge in [-0.2, -0.15) is 5.26 Å². The van der Waals surface area contributed by atoms with Crippen LogP contribution in [0.15, 0.2) is 12.1 Å². The maximum Gasteiger partial charge on any atom is 0.161 e. The van der Waals surface area contributed by atoms with E-state index in [0.717, 1.165) is 38.4 Å². The molecular formula is C15H18ClN3O. The molecule has 2 aliphatic heterocycles. The number of anilines is 1. The highest BCUT2D eigenvalue weighted by atomic mass is 35.5. The van der Waals surface area contributed by atoms with Crippen molar-refractivity contribution in [2.24, 2.45) is 5.92 Å². The highest BCUT2D eigenvalue weighted by Crippen LogP contribution is 2.30. The van der Waals surface area contributed by atoms with E-state index in [0.29, 0.717) is 22.7 Å². The Morgan fingerprint density at radius 2 is 2.10 bits per heavy atom. The van der Waals surface area contributed by atoms with Crippen molar-refractivity contribution in [3.05, 3.63) is 22.8 Å². The van der Waals surface area contributed by atoms with Gasteiger partial charge in [0.05, 0.1) is 11.1 Å². The summed E-state index contributed by atoms with van der Waals surface area (Å²) >= 11 is 5.92. The van der Waals surface area contributed by atoms with E-state index in [9.17, 15) is 0 Å². The van der Waals surface area contributed by atoms with E-state index in [-0.39, 0.29) is 0 Å². The Balaban J connectivity index is 1.64. The molecule has 2 aliphatic rings. The second-order valence-electron chi connectivity index (χ2n) is 5.49. The van der Waals surface area contributed by atoms with Crippen LogP contribution in [0.2, 0.25) is 5.02 Å². The van der Waals surface area contributed by atoms with Crippen LogP contribution < -0.4 is 4.90 Å². The summed E-state index contributed by atoms with van der Waals surface area (Å²) in [6.45, 7) is 2.88. The first-order valence-electron chi connectivity index (χ1n) is 7.21. The Bertz CT molecular complexity index is 514. The van der Waals surface area contributed by atoms with Crippen molar-refractivity contribution in [2.45, 2.75) is 31.8 Å². The van der Waals surface area contributed by atoms with Crippen molar-refractivity contribution in [2.75, 3.05) is 24.6 Å². The lowest BCUT2D eigenvalue weighted by Gasteiger charge is -2.35. The Morgan fingerprint density at radius 1 is 1.30 bits per heavy atom. The molecule has 2 saturated heterocycles. The number of halogens is 1. The Hall–Kier alpha value is -1.31. The van der Waals surface area contributed by atoms with Crippen molar-refractivity contribution in [1.29, 1.82) is 5.26 Å². The normalized spacial score (nSPS) is 23.8. The lowest BCUT2D eigenvalue weighted by molar-refractivity contribution is 0.0531. The monoisotopic (exact) mass is 291 g/mol. The number of piperidine rings is 1. The lowest BCUT2D eigenvalue weighted by atomic mass is 9.90. The smallest absolute Gasteiger partial charge is 0.161 e. The first-order chi connectivity index (χ1) is 9.78. The zero-order valence-electron chi connectivity index (χ0n) is 11.4. The van der Waals surface area contributed by atoms with Gasteiger partial charge in [-0.15, -0.1) is 0 Å². The number of nitrogens with zero attached hydrogens (tertiary/aromatic N) is 3. The molecule has 20 heavy (non-hydrogen) atoms. The quantitative estimate of drug-likeness (QED) is 0.840. The average Bonchev–Trinajstić information content (AvgIpc) is 3.02. The second kappa shape index (κ2) is 5.99. The number of pyridine rings is 1. The molecule has 0 amide bonds. The topological polar surface area (TPSA) is 49.2 Å². The van der Waals surface area contributed by atoms with Gasteiger partial charge in [0.25, 0.3) is 0 Å². The molecule has 5 heteroatoms. The minimum atomic E-state index is 0.311. The molecule has 0 aromatic carbocycles. The highest BCUT2D eigenvalue weighted by Gasteiger charge is 2.29. The average molecular weight is 292 g/mol. The number of nitriles is 1. The molecule has 1 aromatic heterocycles. The fourth-order valence-electron chi connectivity index (χ4n) is 3.16. The zero-order valence-corrected chi connectivity index (χ0v) is 12.1. The Morgan fingerprint density at radius 3 is 2.75 bits per heavy atom. The molecule has 0 saturated carbocycles. The maximum absolute atomic E-state index is 8.99. The third-order valence-electron chi connectivity index (χ3n) is 4.29. The lowest BCUT2D eigenvalue weighted by Crippen LogP contribution is -2.38. The summed E-state index contributed by atoms with van der Waals surface area (Å²) in [4.78, 5) is 6.58. The summed E-state index contributed by atoms with van der Waals surface area (Å²) in [5.74, 6) is 1.54. The molecule has 0 bridgehead atoms. The molecule has 106 valence electrons. The number of rotatable bonds is 2. The summed E-state index contributed by atoms with van der Waals surface area (Å²) < 4.78 is 5.79. The number of aromatic nitrogens is 1. The van der Waals surface area contributed by atoms with E-state index < -0.39 is 0 Å². The van der Waals surface area contributed by atoms with E-state index >= 15 is 0 Å². The van der Waals surface area contributed by atoms with Crippen LogP contribution in [0.3, 0.4) is 0 Å². The third kappa shape index (κ3) is 2.74. The van der Waals surface area contributed by atoms with Gasteiger partial charge < -0.3 is 9.64 Å². The van der Waals surface area contributed by atoms with E-state index in [4.69, 9.17) is 21.6 Å². The number of hydrogen-bond acceptors (Lipinski definition) is 4. The SMILES string of the molecule is N#Cc1nc(N2CCC(C3CCCO3)CC2)ccc1Cl. The minimum Gasteiger partial charge on any atom is -0.378 e. The van der Waals surface area contributed by atoms with Crippen LogP contribution in [0.1, 0.15) is 31.4 Å². The van der Waals surface area contributed by atoms with Gasteiger partial charge in [-0.05, 0) is 43.7 Å². The largest absolute Gasteiger partial charge is 0.378 e. The van der Waals surface area contributed by atoms with Gasteiger partial charge in [-0.25, -0.2) is 4.98 Å². The molecule has 1 atom stereocenters. The first kappa shape index (κ1) is 13.7. The summed E-state index contributed by atoms with van der Waals surface area (Å²) in [6, 6.07) is 5.70. The molecule has 3 heterocycles. The molecule has 4 nitrogen and oxygen atoms in total. The van der Waals surface area contributed by atoms with Crippen LogP contribution in [0.25, 0.3) is 0 Å². The summed E-state index contributed by atoms with van der Waals surface area (Å²) in [6.07, 6.45) is 5.15. The van der Waals surface area contributed by atoms with Crippen LogP contribution >= 0.6 is 11.6 Å². The van der Waals surface area contributed by atoms with E-state index in [2.05, 4.69) is 9.88 Å². The molecule has 0 aliphatic carbocycles. The van der Waals surface area contributed by atoms with Gasteiger partial charge in [-0.1, -0.05) is 11.6 Å². The standard InChI is InChI=1S/C15H18ClN3O/c16-12-3-4-15(18-13(12)10-17)19-7-5-11(6-8-19)14-2-1-9-20-14/h3-4,11,14H,1-2,5-9H2. The van der Waals surface area contributed by atoms with Gasteiger partial charge in [0.15, 0.2) is 5.69 Å². The molecule has 0 radical (unpaired) electrons. The predicted molar refractivity (Wildman–Crippen MR) is 77.9 cm³/mol. The van der Waals surface area contributed by atoms with Crippen molar-refractivity contribution in [3.8, 4) is 6.07 Å². The van der Waals surface area contributed by atoms with Crippen LogP contribution in [-0.4, -0.2) is 30.8 Å². The Labute approximate surface area is 124 Å².